The van der Waals surface area contributed by atoms with Crippen LogP contribution in [0.25, 0.3) is 0 Å². The Bertz CT molecular complexity index is 658. The van der Waals surface area contributed by atoms with E-state index in [1.807, 2.05) is 0 Å². The number of nitrogens with one attached hydrogen (secondary N) is 2. The maximum Gasteiger partial charge on any atom is 0.274 e. The van der Waals surface area contributed by atoms with Crippen molar-refractivity contribution in [3.8, 4) is 0 Å². The molecule has 0 radical (unpaired) electrons. The Balaban J connectivity index is 2.18. The largest absolute Gasteiger partial charge is 0.388 e. The molecule has 102 valence electrons. The number of nitro benzene ring substituents is 1. The molecule has 2 N–H and O–H groups in total. The molecule has 1 aromatic carbocycles. The van der Waals surface area contributed by atoms with Crippen LogP contribution in [0, 0.1) is 10.1 Å². The van der Waals surface area contributed by atoms with E-state index in [0.29, 0.717) is 5.69 Å². The molecule has 0 fully saturated rings. The van der Waals surface area contributed by atoms with Gasteiger partial charge in [0.15, 0.2) is 0 Å². The zero-order chi connectivity index (χ0) is 14.5. The van der Waals surface area contributed by atoms with E-state index < -0.39 is 10.8 Å². The average Bonchev–Trinajstić information content (AvgIpc) is 2.47. The number of carbonyl (C=O) groups is 1. The lowest BCUT2D eigenvalue weighted by Crippen LogP contribution is -2.13. The first kappa shape index (κ1) is 13.5. The number of hydrogen-bond donors (Lipinski definition) is 2. The van der Waals surface area contributed by atoms with Crippen molar-refractivity contribution in [2.24, 2.45) is 0 Å². The maximum atomic E-state index is 12.0. The summed E-state index contributed by atoms with van der Waals surface area (Å²) in [6.45, 7) is 0. The summed E-state index contributed by atoms with van der Waals surface area (Å²) in [5.74, 6) is -0.428. The Morgan fingerprint density at radius 1 is 1.25 bits per heavy atom. The molecule has 0 aliphatic rings. The molecule has 0 saturated carbocycles. The predicted octanol–water partition coefficient (Wildman–Crippen LogP) is 2.28. The highest BCUT2D eigenvalue weighted by Crippen LogP contribution is 2.18. The highest BCUT2D eigenvalue weighted by molar-refractivity contribution is 6.03. The van der Waals surface area contributed by atoms with Crippen LogP contribution in [0.1, 0.15) is 10.5 Å². The minimum Gasteiger partial charge on any atom is -0.388 e. The lowest BCUT2D eigenvalue weighted by atomic mass is 10.2. The number of carbonyl (C=O) groups excluding carboxylic acids is 1. The number of anilines is 2. The van der Waals surface area contributed by atoms with E-state index in [0.717, 1.165) is 5.69 Å². The molecular formula is C13H12N4O3. The van der Waals surface area contributed by atoms with Gasteiger partial charge >= 0.3 is 0 Å². The van der Waals surface area contributed by atoms with Gasteiger partial charge in [0.25, 0.3) is 11.6 Å². The van der Waals surface area contributed by atoms with E-state index in [9.17, 15) is 14.9 Å². The van der Waals surface area contributed by atoms with Crippen LogP contribution in [-0.4, -0.2) is 22.9 Å². The molecule has 2 rings (SSSR count). The third kappa shape index (κ3) is 3.08. The van der Waals surface area contributed by atoms with Gasteiger partial charge in [-0.1, -0.05) is 6.07 Å². The zero-order valence-corrected chi connectivity index (χ0v) is 10.7. The first-order valence-electron chi connectivity index (χ1n) is 5.80. The van der Waals surface area contributed by atoms with E-state index in [4.69, 9.17) is 0 Å². The van der Waals surface area contributed by atoms with Gasteiger partial charge in [0.2, 0.25) is 0 Å². The summed E-state index contributed by atoms with van der Waals surface area (Å²) in [7, 11) is 1.73. The van der Waals surface area contributed by atoms with Crippen molar-refractivity contribution in [3.63, 3.8) is 0 Å². The van der Waals surface area contributed by atoms with Crippen molar-refractivity contribution in [1.29, 1.82) is 0 Å². The Morgan fingerprint density at radius 2 is 2.05 bits per heavy atom. The minimum absolute atomic E-state index is 0.0836. The molecule has 1 heterocycles. The molecule has 20 heavy (non-hydrogen) atoms. The van der Waals surface area contributed by atoms with Gasteiger partial charge in [0, 0.05) is 36.8 Å². The maximum absolute atomic E-state index is 12.0. The number of benzene rings is 1. The summed E-state index contributed by atoms with van der Waals surface area (Å²) in [5.41, 5.74) is 1.24. The monoisotopic (exact) mass is 272 g/mol. The van der Waals surface area contributed by atoms with Crippen molar-refractivity contribution in [3.05, 3.63) is 58.4 Å². The summed E-state index contributed by atoms with van der Waals surface area (Å²) in [4.78, 5) is 26.1. The molecule has 1 aromatic heterocycles. The number of amides is 1. The number of nitrogens with zero attached hydrogens (tertiary/aromatic N) is 2. The third-order valence-corrected chi connectivity index (χ3v) is 2.60. The second kappa shape index (κ2) is 5.79. The van der Waals surface area contributed by atoms with Crippen LogP contribution in [0.2, 0.25) is 0 Å². The number of rotatable bonds is 4. The molecular weight excluding hydrogens is 260 g/mol. The van der Waals surface area contributed by atoms with Gasteiger partial charge in [0.05, 0.1) is 4.92 Å². The summed E-state index contributed by atoms with van der Waals surface area (Å²) in [5, 5.41) is 16.1. The SMILES string of the molecule is CNc1ccnc(C(=O)Nc2cccc([N+](=O)[O-])c2)c1. The summed E-state index contributed by atoms with van der Waals surface area (Å²) >= 11 is 0. The Kier molecular flexibility index (Phi) is 3.90. The van der Waals surface area contributed by atoms with Crippen LogP contribution in [-0.2, 0) is 0 Å². The van der Waals surface area contributed by atoms with Gasteiger partial charge in [-0.3, -0.25) is 19.9 Å². The molecule has 0 unspecified atom stereocenters. The molecule has 0 bridgehead atoms. The van der Waals surface area contributed by atoms with E-state index in [1.165, 1.54) is 24.4 Å². The van der Waals surface area contributed by atoms with Gasteiger partial charge in [-0.2, -0.15) is 0 Å². The average molecular weight is 272 g/mol. The van der Waals surface area contributed by atoms with Gasteiger partial charge < -0.3 is 10.6 Å². The molecule has 0 aliphatic heterocycles. The first-order chi connectivity index (χ1) is 9.60. The van der Waals surface area contributed by atoms with Gasteiger partial charge in [-0.25, -0.2) is 0 Å². The fraction of sp³-hybridized carbons (Fsp3) is 0.0769. The molecule has 7 heteroatoms. The summed E-state index contributed by atoms with van der Waals surface area (Å²) in [6, 6.07) is 9.05. The van der Waals surface area contributed by atoms with Crippen molar-refractivity contribution in [1.82, 2.24) is 4.98 Å². The van der Waals surface area contributed by atoms with Gasteiger partial charge in [-0.15, -0.1) is 0 Å². The van der Waals surface area contributed by atoms with Crippen molar-refractivity contribution >= 4 is 23.0 Å². The van der Waals surface area contributed by atoms with E-state index in [2.05, 4.69) is 15.6 Å². The topological polar surface area (TPSA) is 97.2 Å². The second-order valence-electron chi connectivity index (χ2n) is 3.94. The molecule has 0 atom stereocenters. The fourth-order valence-electron chi connectivity index (χ4n) is 1.60. The highest BCUT2D eigenvalue weighted by atomic mass is 16.6. The van der Waals surface area contributed by atoms with E-state index in [1.54, 1.807) is 25.2 Å². The number of non-ortho nitro benzene ring substituents is 1. The number of pyridine rings is 1. The number of hydrogen-bond acceptors (Lipinski definition) is 5. The smallest absolute Gasteiger partial charge is 0.274 e. The predicted molar refractivity (Wildman–Crippen MR) is 74.8 cm³/mol. The Morgan fingerprint density at radius 3 is 2.75 bits per heavy atom. The standard InChI is InChI=1S/C13H12N4O3/c1-14-9-5-6-15-12(8-9)13(18)16-10-3-2-4-11(7-10)17(19)20/h2-8H,1H3,(H,14,15)(H,16,18). The molecule has 1 amide bonds. The third-order valence-electron chi connectivity index (χ3n) is 2.60. The quantitative estimate of drug-likeness (QED) is 0.657. The highest BCUT2D eigenvalue weighted by Gasteiger charge is 2.11. The van der Waals surface area contributed by atoms with Crippen LogP contribution >= 0.6 is 0 Å². The van der Waals surface area contributed by atoms with Crippen LogP contribution < -0.4 is 10.6 Å². The first-order valence-corrected chi connectivity index (χ1v) is 5.80. The molecule has 2 aromatic rings. The van der Waals surface area contributed by atoms with Crippen molar-refractivity contribution in [2.75, 3.05) is 17.7 Å². The van der Waals surface area contributed by atoms with E-state index in [-0.39, 0.29) is 11.4 Å². The fourth-order valence-corrected chi connectivity index (χ4v) is 1.60. The molecule has 0 spiro atoms. The molecule has 0 aliphatic carbocycles. The van der Waals surface area contributed by atoms with E-state index >= 15 is 0 Å². The van der Waals surface area contributed by atoms with Crippen molar-refractivity contribution < 1.29 is 9.72 Å². The van der Waals surface area contributed by atoms with Crippen LogP contribution in [0.4, 0.5) is 17.1 Å². The number of aromatic nitrogens is 1. The lowest BCUT2D eigenvalue weighted by molar-refractivity contribution is -0.384. The summed E-state index contributed by atoms with van der Waals surface area (Å²) < 4.78 is 0. The zero-order valence-electron chi connectivity index (χ0n) is 10.7. The van der Waals surface area contributed by atoms with Gasteiger partial charge in [-0.05, 0) is 18.2 Å². The van der Waals surface area contributed by atoms with Gasteiger partial charge in [0.1, 0.15) is 5.69 Å². The minimum atomic E-state index is -0.518. The lowest BCUT2D eigenvalue weighted by Gasteiger charge is -2.06. The Labute approximate surface area is 114 Å². The van der Waals surface area contributed by atoms with Crippen LogP contribution in [0.15, 0.2) is 42.6 Å². The Hall–Kier alpha value is -2.96. The second-order valence-corrected chi connectivity index (χ2v) is 3.94. The summed E-state index contributed by atoms with van der Waals surface area (Å²) in [6.07, 6.45) is 1.51. The molecule has 0 saturated heterocycles. The molecule has 7 nitrogen and oxygen atoms in total. The van der Waals surface area contributed by atoms with Crippen molar-refractivity contribution in [2.45, 2.75) is 0 Å². The van der Waals surface area contributed by atoms with Crippen LogP contribution in [0.5, 0.6) is 0 Å². The number of nitro groups is 1. The normalized spacial score (nSPS) is 9.85. The van der Waals surface area contributed by atoms with Crippen LogP contribution in [0.3, 0.4) is 0 Å².